The number of piperidine rings is 1. The van der Waals surface area contributed by atoms with Crippen LogP contribution < -0.4 is 5.32 Å². The van der Waals surface area contributed by atoms with Crippen molar-refractivity contribution in [3.8, 4) is 0 Å². The van der Waals surface area contributed by atoms with Gasteiger partial charge in [0, 0.05) is 26.2 Å². The predicted molar refractivity (Wildman–Crippen MR) is 80.0 cm³/mol. The average molecular weight is 297 g/mol. The smallest absolute Gasteiger partial charge is 0.317 e. The van der Waals surface area contributed by atoms with Gasteiger partial charge in [0.2, 0.25) is 0 Å². The molecule has 2 aliphatic rings. The summed E-state index contributed by atoms with van der Waals surface area (Å²) >= 11 is 0. The molecule has 0 unspecified atom stereocenters. The number of urea groups is 1. The van der Waals surface area contributed by atoms with Gasteiger partial charge in [-0.1, -0.05) is 0 Å². The monoisotopic (exact) mass is 297 g/mol. The molecular weight excluding hydrogens is 270 g/mol. The van der Waals surface area contributed by atoms with E-state index < -0.39 is 0 Å². The van der Waals surface area contributed by atoms with E-state index in [2.05, 4.69) is 15.0 Å². The van der Waals surface area contributed by atoms with E-state index in [0.29, 0.717) is 6.54 Å². The third-order valence-corrected chi connectivity index (χ3v) is 4.45. The lowest BCUT2D eigenvalue weighted by molar-refractivity contribution is -0.140. The summed E-state index contributed by atoms with van der Waals surface area (Å²) in [4.78, 5) is 27.4. The lowest BCUT2D eigenvalue weighted by atomic mass is 9.96. The summed E-state index contributed by atoms with van der Waals surface area (Å²) in [6, 6.07) is -0.0569. The molecule has 120 valence electrons. The highest BCUT2D eigenvalue weighted by Gasteiger charge is 2.25. The molecule has 0 saturated carbocycles. The van der Waals surface area contributed by atoms with Gasteiger partial charge in [-0.3, -0.25) is 4.79 Å². The Bertz CT molecular complexity index is 348. The van der Waals surface area contributed by atoms with E-state index in [1.807, 2.05) is 4.90 Å². The van der Waals surface area contributed by atoms with E-state index >= 15 is 0 Å². The maximum absolute atomic E-state index is 12.0. The Morgan fingerprint density at radius 2 is 1.81 bits per heavy atom. The topological polar surface area (TPSA) is 61.9 Å². The molecule has 2 aliphatic heterocycles. The van der Waals surface area contributed by atoms with Gasteiger partial charge < -0.3 is 19.9 Å². The maximum Gasteiger partial charge on any atom is 0.317 e. The van der Waals surface area contributed by atoms with Crippen molar-refractivity contribution < 1.29 is 14.3 Å². The second-order valence-corrected chi connectivity index (χ2v) is 6.00. The Morgan fingerprint density at radius 3 is 2.43 bits per heavy atom. The summed E-state index contributed by atoms with van der Waals surface area (Å²) in [7, 11) is 1.36. The van der Waals surface area contributed by atoms with E-state index in [0.717, 1.165) is 31.8 Å². The van der Waals surface area contributed by atoms with Crippen molar-refractivity contribution in [2.24, 2.45) is 5.92 Å². The quantitative estimate of drug-likeness (QED) is 0.771. The second kappa shape index (κ2) is 8.22. The molecule has 2 fully saturated rings. The van der Waals surface area contributed by atoms with Crippen LogP contribution in [0.4, 0.5) is 4.79 Å². The number of carbonyl (C=O) groups excluding carboxylic acids is 2. The van der Waals surface area contributed by atoms with Crippen LogP contribution in [0.25, 0.3) is 0 Å². The lowest BCUT2D eigenvalue weighted by Gasteiger charge is -2.33. The van der Waals surface area contributed by atoms with Crippen molar-refractivity contribution in [3.63, 3.8) is 0 Å². The second-order valence-electron chi connectivity index (χ2n) is 6.00. The van der Waals surface area contributed by atoms with E-state index in [9.17, 15) is 9.59 Å². The zero-order valence-electron chi connectivity index (χ0n) is 13.0. The molecule has 21 heavy (non-hydrogen) atoms. The fraction of sp³-hybridized carbons (Fsp3) is 0.867. The highest BCUT2D eigenvalue weighted by Crippen LogP contribution is 2.20. The molecule has 0 atom stereocenters. The molecule has 2 amide bonds. The van der Waals surface area contributed by atoms with Crippen LogP contribution in [0.5, 0.6) is 0 Å². The van der Waals surface area contributed by atoms with Gasteiger partial charge in [0.15, 0.2) is 0 Å². The Morgan fingerprint density at radius 1 is 1.14 bits per heavy atom. The van der Waals surface area contributed by atoms with Crippen molar-refractivity contribution in [2.75, 3.05) is 46.4 Å². The van der Waals surface area contributed by atoms with Crippen molar-refractivity contribution in [2.45, 2.75) is 32.1 Å². The first-order chi connectivity index (χ1) is 10.2. The molecule has 0 radical (unpaired) electrons. The number of carbonyl (C=O) groups is 2. The van der Waals surface area contributed by atoms with Gasteiger partial charge in [-0.05, 0) is 44.7 Å². The first kappa shape index (κ1) is 16.1. The van der Waals surface area contributed by atoms with Gasteiger partial charge in [-0.15, -0.1) is 0 Å². The van der Waals surface area contributed by atoms with Crippen LogP contribution in [0, 0.1) is 5.92 Å². The van der Waals surface area contributed by atoms with Gasteiger partial charge in [-0.2, -0.15) is 0 Å². The Hall–Kier alpha value is -1.30. The molecule has 2 rings (SSSR count). The van der Waals surface area contributed by atoms with Crippen LogP contribution in [0.3, 0.4) is 0 Å². The number of hydrogen-bond donors (Lipinski definition) is 1. The molecule has 2 heterocycles. The molecular formula is C15H27N3O3. The molecule has 0 aromatic rings. The van der Waals surface area contributed by atoms with E-state index in [1.54, 1.807) is 0 Å². The number of amides is 2. The Balaban J connectivity index is 1.61. The normalized spacial score (nSPS) is 20.5. The molecule has 6 nitrogen and oxygen atoms in total. The summed E-state index contributed by atoms with van der Waals surface area (Å²) in [6.07, 6.45) is 5.07. The molecule has 1 N–H and O–H groups in total. The minimum absolute atomic E-state index is 0.0569. The van der Waals surface area contributed by atoms with Crippen LogP contribution in [0.2, 0.25) is 0 Å². The SMILES string of the molecule is COC(=O)CCNC(=O)N1CCC(CN2CCCC2)CC1. The van der Waals surface area contributed by atoms with Crippen LogP contribution >= 0.6 is 0 Å². The van der Waals surface area contributed by atoms with Crippen molar-refractivity contribution in [3.05, 3.63) is 0 Å². The minimum atomic E-state index is -0.292. The van der Waals surface area contributed by atoms with E-state index in [1.165, 1.54) is 39.6 Å². The number of nitrogens with zero attached hydrogens (tertiary/aromatic N) is 2. The van der Waals surface area contributed by atoms with Gasteiger partial charge in [0.1, 0.15) is 0 Å². The zero-order chi connectivity index (χ0) is 15.1. The van der Waals surface area contributed by atoms with Gasteiger partial charge in [0.25, 0.3) is 0 Å². The Labute approximate surface area is 126 Å². The van der Waals surface area contributed by atoms with Crippen molar-refractivity contribution in [1.29, 1.82) is 0 Å². The van der Waals surface area contributed by atoms with E-state index in [-0.39, 0.29) is 18.4 Å². The molecule has 6 heteroatoms. The average Bonchev–Trinajstić information content (AvgIpc) is 3.00. The van der Waals surface area contributed by atoms with Crippen LogP contribution in [-0.2, 0) is 9.53 Å². The molecule has 0 spiro atoms. The fourth-order valence-corrected chi connectivity index (χ4v) is 3.13. The summed E-state index contributed by atoms with van der Waals surface area (Å²) < 4.78 is 4.55. The highest BCUT2D eigenvalue weighted by molar-refractivity contribution is 5.75. The number of methoxy groups -OCH3 is 1. The van der Waals surface area contributed by atoms with Gasteiger partial charge in [-0.25, -0.2) is 4.79 Å². The highest BCUT2D eigenvalue weighted by atomic mass is 16.5. The minimum Gasteiger partial charge on any atom is -0.469 e. The van der Waals surface area contributed by atoms with Crippen LogP contribution in [-0.4, -0.2) is 68.2 Å². The first-order valence-electron chi connectivity index (χ1n) is 8.01. The number of rotatable bonds is 5. The Kier molecular flexibility index (Phi) is 6.29. The largest absolute Gasteiger partial charge is 0.469 e. The number of ether oxygens (including phenoxy) is 1. The summed E-state index contributed by atoms with van der Waals surface area (Å²) in [5, 5.41) is 2.78. The predicted octanol–water partition coefficient (Wildman–Crippen LogP) is 1.07. The van der Waals surface area contributed by atoms with E-state index in [4.69, 9.17) is 0 Å². The summed E-state index contributed by atoms with van der Waals surface area (Å²) in [5.41, 5.74) is 0. The maximum atomic E-state index is 12.0. The molecule has 0 bridgehead atoms. The summed E-state index contributed by atoms with van der Waals surface area (Å²) in [5.74, 6) is 0.432. The number of hydrogen-bond acceptors (Lipinski definition) is 4. The molecule has 0 aromatic heterocycles. The van der Waals surface area contributed by atoms with Gasteiger partial charge in [0.05, 0.1) is 13.5 Å². The van der Waals surface area contributed by atoms with Gasteiger partial charge >= 0.3 is 12.0 Å². The third kappa shape index (κ3) is 5.19. The third-order valence-electron chi connectivity index (χ3n) is 4.45. The van der Waals surface area contributed by atoms with Crippen molar-refractivity contribution in [1.82, 2.24) is 15.1 Å². The van der Waals surface area contributed by atoms with Crippen LogP contribution in [0.1, 0.15) is 32.1 Å². The molecule has 0 aliphatic carbocycles. The standard InChI is InChI=1S/C15H27N3O3/c1-21-14(19)4-7-16-15(20)18-10-5-13(6-11-18)12-17-8-2-3-9-17/h13H,2-12H2,1H3,(H,16,20). The number of nitrogens with one attached hydrogen (secondary N) is 1. The molecule has 0 aromatic carbocycles. The fourth-order valence-electron chi connectivity index (χ4n) is 3.13. The van der Waals surface area contributed by atoms with Crippen molar-refractivity contribution >= 4 is 12.0 Å². The number of esters is 1. The lowest BCUT2D eigenvalue weighted by Crippen LogP contribution is -2.46. The molecule has 2 saturated heterocycles. The number of likely N-dealkylation sites (tertiary alicyclic amines) is 2. The summed E-state index contributed by atoms with van der Waals surface area (Å²) in [6.45, 7) is 5.67. The zero-order valence-corrected chi connectivity index (χ0v) is 13.0. The van der Waals surface area contributed by atoms with Crippen LogP contribution in [0.15, 0.2) is 0 Å². The first-order valence-corrected chi connectivity index (χ1v) is 8.01.